The molecule has 1 aromatic carbocycles. The smallest absolute Gasteiger partial charge is 0.336 e. The van der Waals surface area contributed by atoms with E-state index < -0.39 is 5.63 Å². The number of rotatable bonds is 4. The number of likely N-dealkylation sites (N-methyl/N-ethyl adjacent to an activating group) is 2. The van der Waals surface area contributed by atoms with Crippen molar-refractivity contribution in [2.75, 3.05) is 20.6 Å². The van der Waals surface area contributed by atoms with E-state index in [1.165, 1.54) is 6.07 Å². The monoisotopic (exact) mass is 308 g/mol. The van der Waals surface area contributed by atoms with Crippen LogP contribution in [-0.4, -0.2) is 31.4 Å². The molecular formula is C15H17ClN2O3. The highest BCUT2D eigenvalue weighted by molar-refractivity contribution is 6.32. The molecule has 0 saturated carbocycles. The molecule has 112 valence electrons. The van der Waals surface area contributed by atoms with Gasteiger partial charge in [0, 0.05) is 30.1 Å². The highest BCUT2D eigenvalue weighted by Crippen LogP contribution is 2.25. The highest BCUT2D eigenvalue weighted by atomic mass is 35.5. The predicted octanol–water partition coefficient (Wildman–Crippen LogP) is 1.93. The van der Waals surface area contributed by atoms with E-state index in [4.69, 9.17) is 16.0 Å². The van der Waals surface area contributed by atoms with Crippen molar-refractivity contribution < 1.29 is 9.21 Å². The Balaban J connectivity index is 2.41. The first-order chi connectivity index (χ1) is 9.90. The summed E-state index contributed by atoms with van der Waals surface area (Å²) in [5, 5.41) is 3.97. The molecule has 1 heterocycles. The Morgan fingerprint density at radius 1 is 1.38 bits per heavy atom. The first kappa shape index (κ1) is 15.5. The summed E-state index contributed by atoms with van der Waals surface area (Å²) in [6.07, 6.45) is 0. The van der Waals surface area contributed by atoms with Gasteiger partial charge in [-0.25, -0.2) is 4.79 Å². The second-order valence-corrected chi connectivity index (χ2v) is 5.44. The minimum Gasteiger partial charge on any atom is -0.423 e. The molecular weight excluding hydrogens is 292 g/mol. The number of hydrogen-bond acceptors (Lipinski definition) is 4. The van der Waals surface area contributed by atoms with Crippen LogP contribution in [0.1, 0.15) is 11.1 Å². The molecule has 2 rings (SSSR count). The van der Waals surface area contributed by atoms with E-state index in [2.05, 4.69) is 5.32 Å². The molecule has 21 heavy (non-hydrogen) atoms. The Bertz CT molecular complexity index is 740. The van der Waals surface area contributed by atoms with Crippen molar-refractivity contribution in [2.45, 2.75) is 13.5 Å². The van der Waals surface area contributed by atoms with E-state index in [0.717, 1.165) is 16.5 Å². The average molecular weight is 309 g/mol. The summed E-state index contributed by atoms with van der Waals surface area (Å²) < 4.78 is 5.21. The van der Waals surface area contributed by atoms with Crippen molar-refractivity contribution in [1.29, 1.82) is 0 Å². The van der Waals surface area contributed by atoms with Crippen molar-refractivity contribution in [2.24, 2.45) is 0 Å². The second kappa shape index (κ2) is 6.28. The van der Waals surface area contributed by atoms with Crippen LogP contribution in [0.4, 0.5) is 0 Å². The number of hydrogen-bond donors (Lipinski definition) is 1. The summed E-state index contributed by atoms with van der Waals surface area (Å²) >= 11 is 6.15. The summed E-state index contributed by atoms with van der Waals surface area (Å²) in [6.45, 7) is 2.55. The minimum absolute atomic E-state index is 0.0846. The highest BCUT2D eigenvalue weighted by Gasteiger charge is 2.12. The van der Waals surface area contributed by atoms with E-state index in [1.54, 1.807) is 19.2 Å². The van der Waals surface area contributed by atoms with Crippen LogP contribution in [0, 0.1) is 6.92 Å². The van der Waals surface area contributed by atoms with Crippen LogP contribution in [0.25, 0.3) is 11.0 Å². The van der Waals surface area contributed by atoms with Crippen molar-refractivity contribution in [1.82, 2.24) is 10.2 Å². The lowest BCUT2D eigenvalue weighted by molar-refractivity contribution is -0.121. The Hall–Kier alpha value is -1.85. The zero-order valence-corrected chi connectivity index (χ0v) is 13.0. The maximum Gasteiger partial charge on any atom is 0.336 e. The number of fused-ring (bicyclic) bond motifs is 1. The van der Waals surface area contributed by atoms with Crippen LogP contribution in [0.15, 0.2) is 27.4 Å². The molecule has 5 nitrogen and oxygen atoms in total. The Morgan fingerprint density at radius 3 is 2.76 bits per heavy atom. The molecule has 2 aromatic rings. The van der Waals surface area contributed by atoms with Gasteiger partial charge in [-0.05, 0) is 37.2 Å². The van der Waals surface area contributed by atoms with E-state index in [-0.39, 0.29) is 12.5 Å². The van der Waals surface area contributed by atoms with Gasteiger partial charge in [0.25, 0.3) is 0 Å². The Labute approximate surface area is 127 Å². The molecule has 1 N–H and O–H groups in total. The number of amides is 1. The van der Waals surface area contributed by atoms with Crippen LogP contribution in [0.3, 0.4) is 0 Å². The number of nitrogens with zero attached hydrogens (tertiary/aromatic N) is 1. The lowest BCUT2D eigenvalue weighted by atomic mass is 10.1. The van der Waals surface area contributed by atoms with Gasteiger partial charge < -0.3 is 9.73 Å². The fraction of sp³-hybridized carbons (Fsp3) is 0.333. The first-order valence-corrected chi connectivity index (χ1v) is 6.90. The maximum absolute atomic E-state index is 11.7. The number of aryl methyl sites for hydroxylation is 1. The molecule has 0 aliphatic rings. The lowest BCUT2D eigenvalue weighted by Crippen LogP contribution is -2.32. The van der Waals surface area contributed by atoms with Crippen molar-refractivity contribution in [3.63, 3.8) is 0 Å². The summed E-state index contributed by atoms with van der Waals surface area (Å²) in [5.41, 5.74) is 1.73. The van der Waals surface area contributed by atoms with Gasteiger partial charge >= 0.3 is 5.63 Å². The van der Waals surface area contributed by atoms with E-state index >= 15 is 0 Å². The van der Waals surface area contributed by atoms with Gasteiger partial charge in [-0.15, -0.1) is 0 Å². The third-order valence-corrected chi connectivity index (χ3v) is 3.65. The largest absolute Gasteiger partial charge is 0.423 e. The molecule has 1 amide bonds. The Morgan fingerprint density at radius 2 is 2.10 bits per heavy atom. The second-order valence-electron chi connectivity index (χ2n) is 5.03. The van der Waals surface area contributed by atoms with Crippen molar-refractivity contribution >= 4 is 28.5 Å². The summed E-state index contributed by atoms with van der Waals surface area (Å²) in [5.74, 6) is -0.0846. The van der Waals surface area contributed by atoms with E-state index in [0.29, 0.717) is 17.2 Å². The van der Waals surface area contributed by atoms with Gasteiger partial charge in [0.05, 0.1) is 6.54 Å². The molecule has 0 aliphatic carbocycles. The van der Waals surface area contributed by atoms with Gasteiger partial charge in [-0.2, -0.15) is 0 Å². The fourth-order valence-electron chi connectivity index (χ4n) is 2.15. The summed E-state index contributed by atoms with van der Waals surface area (Å²) in [4.78, 5) is 24.9. The molecule has 0 atom stereocenters. The van der Waals surface area contributed by atoms with Gasteiger partial charge in [-0.3, -0.25) is 9.69 Å². The van der Waals surface area contributed by atoms with Gasteiger partial charge in [-0.1, -0.05) is 11.6 Å². The molecule has 0 fully saturated rings. The van der Waals surface area contributed by atoms with E-state index in [1.807, 2.05) is 18.9 Å². The van der Waals surface area contributed by atoms with Crippen LogP contribution < -0.4 is 10.9 Å². The molecule has 6 heteroatoms. The number of nitrogens with one attached hydrogen (secondary N) is 1. The maximum atomic E-state index is 11.7. The van der Waals surface area contributed by atoms with Crippen LogP contribution in [0.2, 0.25) is 5.02 Å². The van der Waals surface area contributed by atoms with E-state index in [9.17, 15) is 9.59 Å². The zero-order chi connectivity index (χ0) is 15.6. The molecule has 0 spiro atoms. The van der Waals surface area contributed by atoms with Crippen molar-refractivity contribution in [3.8, 4) is 0 Å². The topological polar surface area (TPSA) is 62.6 Å². The standard InChI is InChI=1S/C15H17ClN2O3/c1-9-4-13-11(6-12(9)16)10(5-15(20)21-13)7-18(3)8-14(19)17-2/h4-6H,7-8H2,1-3H3,(H,17,19). The average Bonchev–Trinajstić information content (AvgIpc) is 2.40. The van der Waals surface area contributed by atoms with Gasteiger partial charge in [0.2, 0.25) is 5.91 Å². The lowest BCUT2D eigenvalue weighted by Gasteiger charge is -2.16. The molecule has 0 bridgehead atoms. The van der Waals surface area contributed by atoms with Gasteiger partial charge in [0.1, 0.15) is 5.58 Å². The molecule has 1 aromatic heterocycles. The quantitative estimate of drug-likeness (QED) is 0.877. The third-order valence-electron chi connectivity index (χ3n) is 3.24. The summed E-state index contributed by atoms with van der Waals surface area (Å²) in [6, 6.07) is 4.98. The predicted molar refractivity (Wildman–Crippen MR) is 82.6 cm³/mol. The molecule has 0 saturated heterocycles. The third kappa shape index (κ3) is 3.62. The van der Waals surface area contributed by atoms with Gasteiger partial charge in [0.15, 0.2) is 0 Å². The Kier molecular flexibility index (Phi) is 4.65. The zero-order valence-electron chi connectivity index (χ0n) is 12.2. The van der Waals surface area contributed by atoms with Crippen LogP contribution >= 0.6 is 11.6 Å². The number of carbonyl (C=O) groups excluding carboxylic acids is 1. The van der Waals surface area contributed by atoms with Crippen LogP contribution in [0.5, 0.6) is 0 Å². The molecule has 0 radical (unpaired) electrons. The van der Waals surface area contributed by atoms with Crippen LogP contribution in [-0.2, 0) is 11.3 Å². The SMILES string of the molecule is CNC(=O)CN(C)Cc1cc(=O)oc2cc(C)c(Cl)cc12. The molecule has 0 aliphatic heterocycles. The fourth-order valence-corrected chi connectivity index (χ4v) is 2.31. The molecule has 0 unspecified atom stereocenters. The number of carbonyl (C=O) groups is 1. The first-order valence-electron chi connectivity index (χ1n) is 6.52. The number of benzene rings is 1. The van der Waals surface area contributed by atoms with Crippen molar-refractivity contribution in [3.05, 3.63) is 44.8 Å². The minimum atomic E-state index is -0.410. The normalized spacial score (nSPS) is 11.1. The number of halogens is 1. The summed E-state index contributed by atoms with van der Waals surface area (Å²) in [7, 11) is 3.40.